The summed E-state index contributed by atoms with van der Waals surface area (Å²) in [6.45, 7) is 2.63. The molecule has 1 aromatic heterocycles. The number of hydrogen-bond acceptors (Lipinski definition) is 4. The molecule has 2 amide bonds. The number of thiazole rings is 1. The lowest BCUT2D eigenvalue weighted by Gasteiger charge is -2.19. The second-order valence-electron chi connectivity index (χ2n) is 5.23. The Bertz CT molecular complexity index is 601. The minimum atomic E-state index is -0.218. The molecule has 23 heavy (non-hydrogen) atoms. The first-order chi connectivity index (χ1) is 11.2. The first kappa shape index (κ1) is 17.4. The number of carbonyl (C=O) groups is 1. The van der Waals surface area contributed by atoms with Gasteiger partial charge in [-0.15, -0.1) is 11.3 Å². The zero-order valence-corrected chi connectivity index (χ0v) is 14.1. The quantitative estimate of drug-likeness (QED) is 0.695. The van der Waals surface area contributed by atoms with Crippen LogP contribution in [-0.4, -0.2) is 22.7 Å². The van der Waals surface area contributed by atoms with E-state index in [4.69, 9.17) is 5.11 Å². The van der Waals surface area contributed by atoms with Crippen LogP contribution in [0.5, 0.6) is 0 Å². The fraction of sp³-hybridized carbons (Fsp3) is 0.412. The Morgan fingerprint density at radius 3 is 2.78 bits per heavy atom. The molecule has 1 aromatic carbocycles. The standard InChI is InChI=1S/C17H23N3O2S/c1-2-14-11-18-16(23-14)12-19-17(22)20-15(9-6-10-21)13-7-4-3-5-8-13/h3-5,7-8,11,15,21H,2,6,9-10,12H2,1H3,(H2,19,20,22). The van der Waals surface area contributed by atoms with Crippen LogP contribution < -0.4 is 10.6 Å². The van der Waals surface area contributed by atoms with Crippen molar-refractivity contribution in [2.45, 2.75) is 38.8 Å². The van der Waals surface area contributed by atoms with Gasteiger partial charge in [0.05, 0.1) is 12.6 Å². The number of carbonyl (C=O) groups excluding carboxylic acids is 1. The third-order valence-corrected chi connectivity index (χ3v) is 4.65. The molecule has 1 atom stereocenters. The molecule has 5 nitrogen and oxygen atoms in total. The van der Waals surface area contributed by atoms with Crippen LogP contribution in [0, 0.1) is 0 Å². The van der Waals surface area contributed by atoms with E-state index in [1.165, 1.54) is 4.88 Å². The highest BCUT2D eigenvalue weighted by molar-refractivity contribution is 7.11. The maximum Gasteiger partial charge on any atom is 0.315 e. The van der Waals surface area contributed by atoms with E-state index in [1.807, 2.05) is 36.5 Å². The fourth-order valence-electron chi connectivity index (χ4n) is 2.26. The first-order valence-corrected chi connectivity index (χ1v) is 8.68. The van der Waals surface area contributed by atoms with E-state index in [0.717, 1.165) is 17.0 Å². The summed E-state index contributed by atoms with van der Waals surface area (Å²) in [5.41, 5.74) is 1.04. The van der Waals surface area contributed by atoms with Gasteiger partial charge in [-0.05, 0) is 24.8 Å². The molecule has 2 aromatic rings. The maximum atomic E-state index is 12.1. The molecular weight excluding hydrogens is 310 g/mol. The van der Waals surface area contributed by atoms with Crippen LogP contribution >= 0.6 is 11.3 Å². The normalized spacial score (nSPS) is 11.9. The largest absolute Gasteiger partial charge is 0.396 e. The van der Waals surface area contributed by atoms with Crippen molar-refractivity contribution < 1.29 is 9.90 Å². The number of aliphatic hydroxyl groups excluding tert-OH is 1. The third kappa shape index (κ3) is 5.65. The minimum Gasteiger partial charge on any atom is -0.396 e. The number of aromatic nitrogens is 1. The number of nitrogens with zero attached hydrogens (tertiary/aromatic N) is 1. The zero-order valence-electron chi connectivity index (χ0n) is 13.3. The van der Waals surface area contributed by atoms with E-state index >= 15 is 0 Å². The van der Waals surface area contributed by atoms with E-state index in [1.54, 1.807) is 11.3 Å². The first-order valence-electron chi connectivity index (χ1n) is 7.86. The molecule has 1 heterocycles. The predicted octanol–water partition coefficient (Wildman–Crippen LogP) is 3.02. The summed E-state index contributed by atoms with van der Waals surface area (Å²) in [6, 6.07) is 9.48. The Morgan fingerprint density at radius 1 is 1.35 bits per heavy atom. The molecule has 3 N–H and O–H groups in total. The number of benzene rings is 1. The number of nitrogens with one attached hydrogen (secondary N) is 2. The van der Waals surface area contributed by atoms with Gasteiger partial charge in [0.2, 0.25) is 0 Å². The zero-order chi connectivity index (χ0) is 16.5. The van der Waals surface area contributed by atoms with Crippen molar-refractivity contribution in [3.8, 4) is 0 Å². The average molecular weight is 333 g/mol. The van der Waals surface area contributed by atoms with E-state index in [2.05, 4.69) is 22.5 Å². The van der Waals surface area contributed by atoms with Crippen LogP contribution in [-0.2, 0) is 13.0 Å². The molecule has 2 rings (SSSR count). The van der Waals surface area contributed by atoms with Crippen molar-refractivity contribution in [2.24, 2.45) is 0 Å². The van der Waals surface area contributed by atoms with Crippen molar-refractivity contribution in [1.82, 2.24) is 15.6 Å². The molecule has 1 unspecified atom stereocenters. The topological polar surface area (TPSA) is 74.2 Å². The van der Waals surface area contributed by atoms with E-state index < -0.39 is 0 Å². The molecule has 0 aliphatic heterocycles. The average Bonchev–Trinajstić information content (AvgIpc) is 3.05. The summed E-state index contributed by atoms with van der Waals surface area (Å²) in [5, 5.41) is 15.8. The predicted molar refractivity (Wildman–Crippen MR) is 92.4 cm³/mol. The van der Waals surface area contributed by atoms with Gasteiger partial charge in [-0.25, -0.2) is 9.78 Å². The lowest BCUT2D eigenvalue weighted by Crippen LogP contribution is -2.37. The fourth-order valence-corrected chi connectivity index (χ4v) is 3.06. The Kier molecular flexibility index (Phi) is 7.03. The molecule has 0 fully saturated rings. The van der Waals surface area contributed by atoms with Gasteiger partial charge in [0.25, 0.3) is 0 Å². The van der Waals surface area contributed by atoms with Crippen LogP contribution in [0.1, 0.15) is 41.3 Å². The second-order valence-corrected chi connectivity index (χ2v) is 6.43. The molecule has 0 saturated heterocycles. The smallest absolute Gasteiger partial charge is 0.315 e. The van der Waals surface area contributed by atoms with Gasteiger partial charge in [0, 0.05) is 17.7 Å². The van der Waals surface area contributed by atoms with Crippen molar-refractivity contribution in [3.63, 3.8) is 0 Å². The molecule has 6 heteroatoms. The molecule has 0 aliphatic carbocycles. The van der Waals surface area contributed by atoms with Gasteiger partial charge in [-0.3, -0.25) is 0 Å². The summed E-state index contributed by atoms with van der Waals surface area (Å²) in [6.07, 6.45) is 4.16. The molecule has 0 saturated carbocycles. The van der Waals surface area contributed by atoms with E-state index in [-0.39, 0.29) is 18.7 Å². The van der Waals surface area contributed by atoms with E-state index in [9.17, 15) is 4.79 Å². The Hall–Kier alpha value is -1.92. The van der Waals surface area contributed by atoms with E-state index in [0.29, 0.717) is 19.4 Å². The Morgan fingerprint density at radius 2 is 2.13 bits per heavy atom. The molecule has 0 aliphatic rings. The summed E-state index contributed by atoms with van der Waals surface area (Å²) in [7, 11) is 0. The van der Waals surface area contributed by atoms with Crippen molar-refractivity contribution in [1.29, 1.82) is 0 Å². The van der Waals surface area contributed by atoms with Crippen LogP contribution in [0.4, 0.5) is 4.79 Å². The SMILES string of the molecule is CCc1cnc(CNC(=O)NC(CCCO)c2ccccc2)s1. The van der Waals surface area contributed by atoms with Gasteiger partial charge >= 0.3 is 6.03 Å². The van der Waals surface area contributed by atoms with Gasteiger partial charge in [-0.1, -0.05) is 37.3 Å². The van der Waals surface area contributed by atoms with Crippen LogP contribution in [0.3, 0.4) is 0 Å². The van der Waals surface area contributed by atoms with Crippen LogP contribution in [0.15, 0.2) is 36.5 Å². The summed E-state index contributed by atoms with van der Waals surface area (Å²) in [5.74, 6) is 0. The number of rotatable bonds is 8. The molecular formula is C17H23N3O2S. The number of aryl methyl sites for hydroxylation is 1. The Balaban J connectivity index is 1.89. The highest BCUT2D eigenvalue weighted by atomic mass is 32.1. The third-order valence-electron chi connectivity index (χ3n) is 3.51. The summed E-state index contributed by atoms with van der Waals surface area (Å²) >= 11 is 1.62. The van der Waals surface area contributed by atoms with Gasteiger partial charge in [-0.2, -0.15) is 0 Å². The Labute approximate surface area is 140 Å². The number of urea groups is 1. The van der Waals surface area contributed by atoms with Gasteiger partial charge < -0.3 is 15.7 Å². The van der Waals surface area contributed by atoms with Crippen LogP contribution in [0.25, 0.3) is 0 Å². The minimum absolute atomic E-state index is 0.106. The molecule has 0 bridgehead atoms. The van der Waals surface area contributed by atoms with Crippen molar-refractivity contribution in [3.05, 3.63) is 52.0 Å². The monoisotopic (exact) mass is 333 g/mol. The highest BCUT2D eigenvalue weighted by Crippen LogP contribution is 2.18. The lowest BCUT2D eigenvalue weighted by atomic mass is 10.0. The maximum absolute atomic E-state index is 12.1. The van der Waals surface area contributed by atoms with Gasteiger partial charge in [0.15, 0.2) is 0 Å². The summed E-state index contributed by atoms with van der Waals surface area (Å²) in [4.78, 5) is 17.6. The lowest BCUT2D eigenvalue weighted by molar-refractivity contribution is 0.232. The highest BCUT2D eigenvalue weighted by Gasteiger charge is 2.14. The number of amides is 2. The van der Waals surface area contributed by atoms with Crippen molar-refractivity contribution in [2.75, 3.05) is 6.61 Å². The van der Waals surface area contributed by atoms with Gasteiger partial charge in [0.1, 0.15) is 5.01 Å². The molecule has 124 valence electrons. The number of aliphatic hydroxyl groups is 1. The van der Waals surface area contributed by atoms with Crippen LogP contribution in [0.2, 0.25) is 0 Å². The summed E-state index contributed by atoms with van der Waals surface area (Å²) < 4.78 is 0. The molecule has 0 spiro atoms. The molecule has 0 radical (unpaired) electrons. The number of hydrogen-bond donors (Lipinski definition) is 3. The van der Waals surface area contributed by atoms with Crippen molar-refractivity contribution >= 4 is 17.4 Å². The second kappa shape index (κ2) is 9.27.